The maximum absolute atomic E-state index is 12.4. The highest BCUT2D eigenvalue weighted by Crippen LogP contribution is 2.32. The van der Waals surface area contributed by atoms with Crippen molar-refractivity contribution in [2.45, 2.75) is 23.6 Å². The number of amides is 1. The Morgan fingerprint density at radius 1 is 0.967 bits per heavy atom. The Kier molecular flexibility index (Phi) is 6.32. The van der Waals surface area contributed by atoms with Crippen molar-refractivity contribution in [3.63, 3.8) is 0 Å². The van der Waals surface area contributed by atoms with Crippen LogP contribution in [0.3, 0.4) is 0 Å². The van der Waals surface area contributed by atoms with Crippen LogP contribution in [0.5, 0.6) is 0 Å². The van der Waals surface area contributed by atoms with Crippen molar-refractivity contribution < 1.29 is 4.79 Å². The van der Waals surface area contributed by atoms with Crippen LogP contribution >= 0.6 is 35.1 Å². The fourth-order valence-corrected chi connectivity index (χ4v) is 4.65. The molecular weight excluding hydrogens is 432 g/mol. The lowest BCUT2D eigenvalue weighted by Crippen LogP contribution is -2.19. The van der Waals surface area contributed by atoms with Crippen LogP contribution in [0, 0.1) is 13.8 Å². The minimum Gasteiger partial charge on any atom is -0.300 e. The van der Waals surface area contributed by atoms with Gasteiger partial charge in [-0.15, -0.1) is 0 Å². The van der Waals surface area contributed by atoms with Crippen LogP contribution in [-0.2, 0) is 4.79 Å². The Labute approximate surface area is 189 Å². The molecule has 0 radical (unpaired) electrons. The van der Waals surface area contributed by atoms with Gasteiger partial charge in [0.2, 0.25) is 0 Å². The SMILES string of the molecule is Cc1ccc(Sc2ccc(/C=C3\SC(=Nc4cccc(Cl)c4C)NC3=O)cc2)cc1. The van der Waals surface area contributed by atoms with E-state index in [1.54, 1.807) is 11.8 Å². The van der Waals surface area contributed by atoms with Crippen molar-refractivity contribution in [3.05, 3.63) is 93.3 Å². The molecule has 0 atom stereocenters. The number of amidine groups is 1. The van der Waals surface area contributed by atoms with Crippen LogP contribution in [0.1, 0.15) is 16.7 Å². The van der Waals surface area contributed by atoms with E-state index in [1.165, 1.54) is 22.2 Å². The molecule has 1 aliphatic rings. The molecule has 1 heterocycles. The fraction of sp³-hybridized carbons (Fsp3) is 0.0833. The second-order valence-electron chi connectivity index (χ2n) is 6.85. The van der Waals surface area contributed by atoms with Crippen LogP contribution in [0.4, 0.5) is 5.69 Å². The average molecular weight is 451 g/mol. The summed E-state index contributed by atoms with van der Waals surface area (Å²) in [5.41, 5.74) is 3.87. The standard InChI is InChI=1S/C24H19ClN2OS2/c1-15-6-10-18(11-7-15)29-19-12-8-17(9-13-19)14-22-23(28)27-24(30-22)26-21-5-3-4-20(25)16(21)2/h3-14H,1-2H3,(H,26,27,28)/b22-14-. The number of carbonyl (C=O) groups excluding carboxylic acids is 1. The summed E-state index contributed by atoms with van der Waals surface area (Å²) in [6, 6.07) is 22.2. The number of hydrogen-bond donors (Lipinski definition) is 1. The summed E-state index contributed by atoms with van der Waals surface area (Å²) in [5.74, 6) is -0.142. The maximum atomic E-state index is 12.4. The molecule has 0 aliphatic carbocycles. The number of nitrogens with zero attached hydrogens (tertiary/aromatic N) is 1. The van der Waals surface area contributed by atoms with Crippen LogP contribution in [0.15, 0.2) is 86.4 Å². The summed E-state index contributed by atoms with van der Waals surface area (Å²) in [5, 5.41) is 4.04. The predicted molar refractivity (Wildman–Crippen MR) is 129 cm³/mol. The number of halogens is 1. The molecule has 0 unspecified atom stereocenters. The quantitative estimate of drug-likeness (QED) is 0.435. The fourth-order valence-electron chi connectivity index (χ4n) is 2.83. The largest absolute Gasteiger partial charge is 0.300 e. The van der Waals surface area contributed by atoms with E-state index in [0.717, 1.165) is 21.7 Å². The van der Waals surface area contributed by atoms with Gasteiger partial charge in [-0.25, -0.2) is 4.99 Å². The smallest absolute Gasteiger partial charge is 0.264 e. The van der Waals surface area contributed by atoms with Crippen LogP contribution < -0.4 is 5.32 Å². The third-order valence-corrected chi connectivity index (χ3v) is 6.88. The van der Waals surface area contributed by atoms with E-state index < -0.39 is 0 Å². The molecular formula is C24H19ClN2OS2. The summed E-state index contributed by atoms with van der Waals surface area (Å²) >= 11 is 9.21. The number of rotatable bonds is 4. The van der Waals surface area contributed by atoms with Gasteiger partial charge in [0.1, 0.15) is 0 Å². The van der Waals surface area contributed by atoms with Gasteiger partial charge in [0.15, 0.2) is 5.17 Å². The zero-order valence-electron chi connectivity index (χ0n) is 16.5. The molecule has 6 heteroatoms. The Bertz CT molecular complexity index is 1150. The van der Waals surface area contributed by atoms with Gasteiger partial charge in [-0.05, 0) is 79.2 Å². The van der Waals surface area contributed by atoms with Gasteiger partial charge in [-0.1, -0.05) is 59.3 Å². The van der Waals surface area contributed by atoms with Gasteiger partial charge in [0.05, 0.1) is 10.6 Å². The number of carbonyl (C=O) groups is 1. The third-order valence-electron chi connectivity index (χ3n) is 4.55. The number of aryl methyl sites for hydroxylation is 1. The van der Waals surface area contributed by atoms with Crippen molar-refractivity contribution in [1.82, 2.24) is 5.32 Å². The van der Waals surface area contributed by atoms with E-state index in [-0.39, 0.29) is 5.91 Å². The molecule has 1 N–H and O–H groups in total. The van der Waals surface area contributed by atoms with E-state index in [2.05, 4.69) is 53.6 Å². The second kappa shape index (κ2) is 9.13. The molecule has 30 heavy (non-hydrogen) atoms. The summed E-state index contributed by atoms with van der Waals surface area (Å²) in [6.45, 7) is 4.00. The van der Waals surface area contributed by atoms with Gasteiger partial charge in [0, 0.05) is 14.8 Å². The first-order valence-electron chi connectivity index (χ1n) is 9.37. The van der Waals surface area contributed by atoms with Gasteiger partial charge in [0.25, 0.3) is 5.91 Å². The zero-order valence-corrected chi connectivity index (χ0v) is 18.9. The highest BCUT2D eigenvalue weighted by molar-refractivity contribution is 8.18. The lowest BCUT2D eigenvalue weighted by Gasteiger charge is -2.03. The number of thioether (sulfide) groups is 1. The van der Waals surface area contributed by atoms with Crippen LogP contribution in [-0.4, -0.2) is 11.1 Å². The molecule has 4 rings (SSSR count). The molecule has 3 aromatic carbocycles. The zero-order chi connectivity index (χ0) is 21.1. The third kappa shape index (κ3) is 4.98. The summed E-state index contributed by atoms with van der Waals surface area (Å²) in [6.07, 6.45) is 1.88. The van der Waals surface area contributed by atoms with Crippen molar-refractivity contribution >= 4 is 58.0 Å². The highest BCUT2D eigenvalue weighted by Gasteiger charge is 2.24. The Morgan fingerprint density at radius 2 is 1.63 bits per heavy atom. The van der Waals surface area contributed by atoms with Gasteiger partial charge < -0.3 is 5.32 Å². The molecule has 150 valence electrons. The first-order chi connectivity index (χ1) is 14.5. The van der Waals surface area contributed by atoms with E-state index in [1.807, 2.05) is 43.3 Å². The Morgan fingerprint density at radius 3 is 2.33 bits per heavy atom. The minimum atomic E-state index is -0.142. The lowest BCUT2D eigenvalue weighted by molar-refractivity contribution is -0.115. The molecule has 0 spiro atoms. The lowest BCUT2D eigenvalue weighted by atomic mass is 10.2. The first-order valence-corrected chi connectivity index (χ1v) is 11.4. The number of benzene rings is 3. The number of aliphatic imine (C=N–C) groups is 1. The molecule has 1 amide bonds. The van der Waals surface area contributed by atoms with E-state index in [4.69, 9.17) is 11.6 Å². The van der Waals surface area contributed by atoms with E-state index in [0.29, 0.717) is 15.1 Å². The van der Waals surface area contributed by atoms with Crippen LogP contribution in [0.25, 0.3) is 6.08 Å². The van der Waals surface area contributed by atoms with E-state index >= 15 is 0 Å². The summed E-state index contributed by atoms with van der Waals surface area (Å²) in [4.78, 5) is 19.9. The molecule has 3 nitrogen and oxygen atoms in total. The molecule has 0 aromatic heterocycles. The number of nitrogens with one attached hydrogen (secondary N) is 1. The Balaban J connectivity index is 1.48. The molecule has 0 saturated carbocycles. The second-order valence-corrected chi connectivity index (χ2v) is 9.43. The monoisotopic (exact) mass is 450 g/mol. The molecule has 1 saturated heterocycles. The molecule has 0 bridgehead atoms. The topological polar surface area (TPSA) is 41.5 Å². The predicted octanol–water partition coefficient (Wildman–Crippen LogP) is 7.00. The van der Waals surface area contributed by atoms with Gasteiger partial charge >= 0.3 is 0 Å². The summed E-state index contributed by atoms with van der Waals surface area (Å²) in [7, 11) is 0. The number of hydrogen-bond acceptors (Lipinski definition) is 4. The molecule has 1 aliphatic heterocycles. The highest BCUT2D eigenvalue weighted by atomic mass is 35.5. The van der Waals surface area contributed by atoms with Crippen molar-refractivity contribution in [2.75, 3.05) is 0 Å². The molecule has 3 aromatic rings. The molecule has 1 fully saturated rings. The average Bonchev–Trinajstić information content (AvgIpc) is 3.07. The van der Waals surface area contributed by atoms with Crippen LogP contribution in [0.2, 0.25) is 5.02 Å². The van der Waals surface area contributed by atoms with Crippen molar-refractivity contribution in [3.8, 4) is 0 Å². The van der Waals surface area contributed by atoms with E-state index in [9.17, 15) is 4.79 Å². The van der Waals surface area contributed by atoms with Gasteiger partial charge in [-0.2, -0.15) is 0 Å². The van der Waals surface area contributed by atoms with Gasteiger partial charge in [-0.3, -0.25) is 4.79 Å². The maximum Gasteiger partial charge on any atom is 0.264 e. The summed E-state index contributed by atoms with van der Waals surface area (Å²) < 4.78 is 0. The Hall–Kier alpha value is -2.47. The minimum absolute atomic E-state index is 0.142. The van der Waals surface area contributed by atoms with Crippen molar-refractivity contribution in [1.29, 1.82) is 0 Å². The van der Waals surface area contributed by atoms with Crippen molar-refractivity contribution in [2.24, 2.45) is 4.99 Å². The first kappa shape index (κ1) is 20.8. The normalized spacial score (nSPS) is 16.3.